The summed E-state index contributed by atoms with van der Waals surface area (Å²) in [5.74, 6) is 0. The van der Waals surface area contributed by atoms with Gasteiger partial charge in [0.15, 0.2) is 0 Å². The third-order valence-corrected chi connectivity index (χ3v) is 3.33. The second-order valence-electron chi connectivity index (χ2n) is 4.71. The van der Waals surface area contributed by atoms with E-state index in [9.17, 15) is 0 Å². The van der Waals surface area contributed by atoms with E-state index in [2.05, 4.69) is 13.0 Å². The van der Waals surface area contributed by atoms with Gasteiger partial charge in [0, 0.05) is 5.69 Å². The van der Waals surface area contributed by atoms with E-state index in [0.29, 0.717) is 6.10 Å². The van der Waals surface area contributed by atoms with Gasteiger partial charge in [-0.1, -0.05) is 31.4 Å². The standard InChI is InChI=1S/C14H21NO/c1-11(12-6-5-7-13(15)10-12)16-14-8-3-2-4-9-14/h5-7,10-11,14H,2-4,8-9,15H2,1H3. The van der Waals surface area contributed by atoms with Crippen LogP contribution in [0.15, 0.2) is 24.3 Å². The number of anilines is 1. The van der Waals surface area contributed by atoms with Gasteiger partial charge in [-0.2, -0.15) is 0 Å². The molecule has 1 aromatic carbocycles. The molecule has 16 heavy (non-hydrogen) atoms. The zero-order valence-corrected chi connectivity index (χ0v) is 9.99. The summed E-state index contributed by atoms with van der Waals surface area (Å²) in [5.41, 5.74) is 7.78. The normalized spacial score (nSPS) is 19.6. The molecule has 1 aliphatic carbocycles. The Balaban J connectivity index is 1.94. The second-order valence-corrected chi connectivity index (χ2v) is 4.71. The monoisotopic (exact) mass is 219 g/mol. The Morgan fingerprint density at radius 1 is 1.25 bits per heavy atom. The van der Waals surface area contributed by atoms with Crippen molar-refractivity contribution in [3.05, 3.63) is 29.8 Å². The summed E-state index contributed by atoms with van der Waals surface area (Å²) in [4.78, 5) is 0. The van der Waals surface area contributed by atoms with Crippen molar-refractivity contribution in [2.75, 3.05) is 5.73 Å². The van der Waals surface area contributed by atoms with Crippen LogP contribution in [0.1, 0.15) is 50.7 Å². The fourth-order valence-electron chi connectivity index (χ4n) is 2.38. The maximum absolute atomic E-state index is 6.08. The lowest BCUT2D eigenvalue weighted by atomic mass is 9.97. The molecule has 0 saturated heterocycles. The van der Waals surface area contributed by atoms with Crippen molar-refractivity contribution in [2.45, 2.75) is 51.2 Å². The van der Waals surface area contributed by atoms with Gasteiger partial charge in [-0.25, -0.2) is 0 Å². The van der Waals surface area contributed by atoms with E-state index in [-0.39, 0.29) is 6.10 Å². The van der Waals surface area contributed by atoms with Gasteiger partial charge in [0.05, 0.1) is 12.2 Å². The maximum Gasteiger partial charge on any atom is 0.0801 e. The summed E-state index contributed by atoms with van der Waals surface area (Å²) in [5, 5.41) is 0. The smallest absolute Gasteiger partial charge is 0.0801 e. The van der Waals surface area contributed by atoms with Crippen LogP contribution in [0.25, 0.3) is 0 Å². The van der Waals surface area contributed by atoms with Crippen molar-refractivity contribution >= 4 is 5.69 Å². The van der Waals surface area contributed by atoms with Crippen LogP contribution in [0, 0.1) is 0 Å². The minimum atomic E-state index is 0.159. The molecule has 1 unspecified atom stereocenters. The Hall–Kier alpha value is -1.02. The summed E-state index contributed by atoms with van der Waals surface area (Å²) in [7, 11) is 0. The molecule has 0 radical (unpaired) electrons. The highest BCUT2D eigenvalue weighted by atomic mass is 16.5. The first kappa shape index (κ1) is 11.5. The van der Waals surface area contributed by atoms with E-state index in [1.807, 2.05) is 18.2 Å². The third-order valence-electron chi connectivity index (χ3n) is 3.33. The molecule has 0 spiro atoms. The molecule has 2 nitrogen and oxygen atoms in total. The zero-order valence-electron chi connectivity index (χ0n) is 9.99. The van der Waals surface area contributed by atoms with Crippen LogP contribution in [-0.4, -0.2) is 6.10 Å². The molecule has 1 atom stereocenters. The van der Waals surface area contributed by atoms with Crippen LogP contribution in [0.2, 0.25) is 0 Å². The van der Waals surface area contributed by atoms with E-state index >= 15 is 0 Å². The second kappa shape index (κ2) is 5.35. The van der Waals surface area contributed by atoms with Gasteiger partial charge in [-0.15, -0.1) is 0 Å². The number of nitrogen functional groups attached to an aromatic ring is 1. The Morgan fingerprint density at radius 2 is 2.00 bits per heavy atom. The number of ether oxygens (including phenoxy) is 1. The summed E-state index contributed by atoms with van der Waals surface area (Å²) in [6, 6.07) is 8.00. The van der Waals surface area contributed by atoms with E-state index < -0.39 is 0 Å². The highest BCUT2D eigenvalue weighted by molar-refractivity contribution is 5.41. The van der Waals surface area contributed by atoms with Crippen molar-refractivity contribution in [2.24, 2.45) is 0 Å². The predicted molar refractivity (Wildman–Crippen MR) is 67.2 cm³/mol. The van der Waals surface area contributed by atoms with Gasteiger partial charge in [-0.3, -0.25) is 0 Å². The van der Waals surface area contributed by atoms with Gasteiger partial charge in [0.25, 0.3) is 0 Å². The third kappa shape index (κ3) is 2.99. The first-order valence-corrected chi connectivity index (χ1v) is 6.26. The highest BCUT2D eigenvalue weighted by Crippen LogP contribution is 2.27. The van der Waals surface area contributed by atoms with E-state index in [4.69, 9.17) is 10.5 Å². The first-order valence-electron chi connectivity index (χ1n) is 6.26. The molecule has 2 N–H and O–H groups in total. The van der Waals surface area contributed by atoms with Crippen LogP contribution in [0.5, 0.6) is 0 Å². The lowest BCUT2D eigenvalue weighted by Gasteiger charge is -2.26. The molecule has 0 heterocycles. The van der Waals surface area contributed by atoms with Gasteiger partial charge < -0.3 is 10.5 Å². The Labute approximate surface area is 97.8 Å². The van der Waals surface area contributed by atoms with E-state index in [1.54, 1.807) is 0 Å². The van der Waals surface area contributed by atoms with Gasteiger partial charge in [0.1, 0.15) is 0 Å². The molecule has 0 aromatic heterocycles. The molecule has 2 rings (SSSR count). The van der Waals surface area contributed by atoms with Crippen LogP contribution < -0.4 is 5.73 Å². The van der Waals surface area contributed by atoms with E-state index in [0.717, 1.165) is 5.69 Å². The van der Waals surface area contributed by atoms with Crippen LogP contribution in [0.3, 0.4) is 0 Å². The average molecular weight is 219 g/mol. The fourth-order valence-corrected chi connectivity index (χ4v) is 2.38. The van der Waals surface area contributed by atoms with Crippen molar-refractivity contribution in [1.29, 1.82) is 0 Å². The minimum Gasteiger partial charge on any atom is -0.399 e. The molecule has 1 aromatic rings. The first-order chi connectivity index (χ1) is 7.75. The Bertz CT molecular complexity index is 331. The molecule has 1 aliphatic rings. The lowest BCUT2D eigenvalue weighted by Crippen LogP contribution is -2.18. The molecule has 0 amide bonds. The quantitative estimate of drug-likeness (QED) is 0.787. The molecular formula is C14H21NO. The summed E-state index contributed by atoms with van der Waals surface area (Å²) in [6.07, 6.45) is 7.03. The number of benzene rings is 1. The largest absolute Gasteiger partial charge is 0.399 e. The average Bonchev–Trinajstić information content (AvgIpc) is 2.30. The number of rotatable bonds is 3. The molecule has 0 bridgehead atoms. The maximum atomic E-state index is 6.08. The summed E-state index contributed by atoms with van der Waals surface area (Å²) >= 11 is 0. The number of nitrogens with two attached hydrogens (primary N) is 1. The Kier molecular flexibility index (Phi) is 3.83. The van der Waals surface area contributed by atoms with Crippen LogP contribution in [0.4, 0.5) is 5.69 Å². The summed E-state index contributed by atoms with van der Waals surface area (Å²) in [6.45, 7) is 2.11. The topological polar surface area (TPSA) is 35.2 Å². The van der Waals surface area contributed by atoms with Crippen LogP contribution in [-0.2, 0) is 4.74 Å². The minimum absolute atomic E-state index is 0.159. The number of hydrogen-bond acceptors (Lipinski definition) is 2. The predicted octanol–water partition coefficient (Wildman–Crippen LogP) is 3.68. The summed E-state index contributed by atoms with van der Waals surface area (Å²) < 4.78 is 6.08. The molecule has 88 valence electrons. The van der Waals surface area contributed by atoms with Gasteiger partial charge >= 0.3 is 0 Å². The van der Waals surface area contributed by atoms with Crippen LogP contribution >= 0.6 is 0 Å². The van der Waals surface area contributed by atoms with Gasteiger partial charge in [-0.05, 0) is 37.5 Å². The molecule has 1 fully saturated rings. The highest BCUT2D eigenvalue weighted by Gasteiger charge is 2.17. The SMILES string of the molecule is CC(OC1CCCCC1)c1cccc(N)c1. The fraction of sp³-hybridized carbons (Fsp3) is 0.571. The molecular weight excluding hydrogens is 198 g/mol. The Morgan fingerprint density at radius 3 is 2.69 bits per heavy atom. The molecule has 0 aliphatic heterocycles. The van der Waals surface area contributed by atoms with Crippen molar-refractivity contribution < 1.29 is 4.74 Å². The van der Waals surface area contributed by atoms with Crippen molar-refractivity contribution in [3.63, 3.8) is 0 Å². The molecule has 2 heteroatoms. The lowest BCUT2D eigenvalue weighted by molar-refractivity contribution is -0.0222. The zero-order chi connectivity index (χ0) is 11.4. The van der Waals surface area contributed by atoms with E-state index in [1.165, 1.54) is 37.7 Å². The van der Waals surface area contributed by atoms with Crippen molar-refractivity contribution in [1.82, 2.24) is 0 Å². The van der Waals surface area contributed by atoms with Gasteiger partial charge in [0.2, 0.25) is 0 Å². The molecule has 1 saturated carbocycles. The van der Waals surface area contributed by atoms with Crippen molar-refractivity contribution in [3.8, 4) is 0 Å². The number of hydrogen-bond donors (Lipinski definition) is 1.